The molecule has 0 radical (unpaired) electrons. The van der Waals surface area contributed by atoms with Crippen molar-refractivity contribution < 1.29 is 4.79 Å². The second-order valence-electron chi connectivity index (χ2n) is 3.31. The van der Waals surface area contributed by atoms with Crippen LogP contribution < -0.4 is 0 Å². The van der Waals surface area contributed by atoms with E-state index in [0.29, 0.717) is 12.3 Å². The van der Waals surface area contributed by atoms with E-state index in [1.54, 1.807) is 7.05 Å². The predicted octanol–water partition coefficient (Wildman–Crippen LogP) is 1.00. The van der Waals surface area contributed by atoms with Gasteiger partial charge < -0.3 is 0 Å². The topological polar surface area (TPSA) is 32.7 Å². The van der Waals surface area contributed by atoms with Crippen LogP contribution in [0, 0.1) is 5.92 Å². The smallest absolute Gasteiger partial charge is 0.248 e. The lowest BCUT2D eigenvalue weighted by molar-refractivity contribution is -0.127. The fourth-order valence-corrected chi connectivity index (χ4v) is 1.52. The van der Waals surface area contributed by atoms with Crippen LogP contribution in [0.3, 0.4) is 0 Å². The summed E-state index contributed by atoms with van der Waals surface area (Å²) in [6.45, 7) is 0. The lowest BCUT2D eigenvalue weighted by atomic mass is 9.81. The van der Waals surface area contributed by atoms with E-state index in [9.17, 15) is 4.79 Å². The first-order chi connectivity index (χ1) is 5.27. The summed E-state index contributed by atoms with van der Waals surface area (Å²) in [6.07, 6.45) is 4.35. The number of carbonyl (C=O) groups excluding carboxylic acids is 1. The van der Waals surface area contributed by atoms with E-state index in [2.05, 4.69) is 5.10 Å². The summed E-state index contributed by atoms with van der Waals surface area (Å²) in [5.41, 5.74) is 1.11. The quantitative estimate of drug-likeness (QED) is 0.551. The Hall–Kier alpha value is -0.860. The second-order valence-corrected chi connectivity index (χ2v) is 3.31. The van der Waals surface area contributed by atoms with Crippen LogP contribution in [0.2, 0.25) is 0 Å². The minimum atomic E-state index is 0.145. The van der Waals surface area contributed by atoms with Gasteiger partial charge >= 0.3 is 0 Å². The van der Waals surface area contributed by atoms with Gasteiger partial charge in [-0.3, -0.25) is 4.79 Å². The summed E-state index contributed by atoms with van der Waals surface area (Å²) in [4.78, 5) is 11.0. The molecule has 1 heterocycles. The Kier molecular flexibility index (Phi) is 1.44. The standard InChI is InChI=1S/C8H12N2O/c1-10-8(11)5-7(9-10)6-3-2-4-6/h6H,2-5H2,1H3. The molecule has 1 fully saturated rings. The third-order valence-corrected chi connectivity index (χ3v) is 2.55. The first-order valence-electron chi connectivity index (χ1n) is 4.11. The van der Waals surface area contributed by atoms with Gasteiger partial charge in [-0.1, -0.05) is 6.42 Å². The monoisotopic (exact) mass is 152 g/mol. The molecule has 0 N–H and O–H groups in total. The van der Waals surface area contributed by atoms with Gasteiger partial charge in [-0.2, -0.15) is 5.10 Å². The van der Waals surface area contributed by atoms with Gasteiger partial charge in [0.1, 0.15) is 0 Å². The minimum absolute atomic E-state index is 0.145. The normalized spacial score (nSPS) is 25.4. The molecule has 11 heavy (non-hydrogen) atoms. The second kappa shape index (κ2) is 2.32. The summed E-state index contributed by atoms with van der Waals surface area (Å²) < 4.78 is 0. The van der Waals surface area contributed by atoms with Crippen molar-refractivity contribution in [3.63, 3.8) is 0 Å². The maximum absolute atomic E-state index is 11.0. The zero-order valence-electron chi connectivity index (χ0n) is 6.71. The predicted molar refractivity (Wildman–Crippen MR) is 42.2 cm³/mol. The fraction of sp³-hybridized carbons (Fsp3) is 0.750. The van der Waals surface area contributed by atoms with Crippen molar-refractivity contribution >= 4 is 11.6 Å². The molecule has 0 aromatic rings. The Morgan fingerprint density at radius 2 is 2.27 bits per heavy atom. The summed E-state index contributed by atoms with van der Waals surface area (Å²) in [5, 5.41) is 5.66. The van der Waals surface area contributed by atoms with Crippen molar-refractivity contribution in [2.24, 2.45) is 11.0 Å². The van der Waals surface area contributed by atoms with Gasteiger partial charge in [0, 0.05) is 7.05 Å². The summed E-state index contributed by atoms with van der Waals surface area (Å²) in [5.74, 6) is 0.774. The van der Waals surface area contributed by atoms with E-state index in [4.69, 9.17) is 0 Å². The zero-order valence-corrected chi connectivity index (χ0v) is 6.71. The van der Waals surface area contributed by atoms with Gasteiger partial charge in [0.2, 0.25) is 5.91 Å². The molecule has 0 aromatic carbocycles. The van der Waals surface area contributed by atoms with Crippen LogP contribution in [0.5, 0.6) is 0 Å². The van der Waals surface area contributed by atoms with Gasteiger partial charge in [-0.25, -0.2) is 5.01 Å². The van der Waals surface area contributed by atoms with Crippen LogP contribution in [0.4, 0.5) is 0 Å². The molecule has 0 atom stereocenters. The zero-order chi connectivity index (χ0) is 7.84. The van der Waals surface area contributed by atoms with Crippen molar-refractivity contribution in [2.75, 3.05) is 7.05 Å². The summed E-state index contributed by atoms with van der Waals surface area (Å²) in [7, 11) is 1.73. The molecule has 3 nitrogen and oxygen atoms in total. The highest BCUT2D eigenvalue weighted by atomic mass is 16.2. The molecule has 3 heteroatoms. The highest BCUT2D eigenvalue weighted by molar-refractivity contribution is 6.06. The van der Waals surface area contributed by atoms with E-state index in [0.717, 1.165) is 5.71 Å². The number of hydrogen-bond acceptors (Lipinski definition) is 2. The van der Waals surface area contributed by atoms with E-state index < -0.39 is 0 Å². The Morgan fingerprint density at radius 3 is 2.64 bits per heavy atom. The van der Waals surface area contributed by atoms with Crippen LogP contribution in [0.1, 0.15) is 25.7 Å². The number of rotatable bonds is 1. The van der Waals surface area contributed by atoms with E-state index in [-0.39, 0.29) is 5.91 Å². The van der Waals surface area contributed by atoms with Gasteiger partial charge in [-0.15, -0.1) is 0 Å². The highest BCUT2D eigenvalue weighted by Crippen LogP contribution is 2.30. The molecule has 0 spiro atoms. The van der Waals surface area contributed by atoms with Crippen LogP contribution in [0.15, 0.2) is 5.10 Å². The molecule has 0 bridgehead atoms. The van der Waals surface area contributed by atoms with Crippen LogP contribution >= 0.6 is 0 Å². The van der Waals surface area contributed by atoms with Crippen molar-refractivity contribution in [3.8, 4) is 0 Å². The van der Waals surface area contributed by atoms with Crippen molar-refractivity contribution in [3.05, 3.63) is 0 Å². The Balaban J connectivity index is 2.05. The summed E-state index contributed by atoms with van der Waals surface area (Å²) >= 11 is 0. The first-order valence-corrected chi connectivity index (χ1v) is 4.11. The third kappa shape index (κ3) is 1.04. The molecule has 0 unspecified atom stereocenters. The maximum Gasteiger partial charge on any atom is 0.248 e. The minimum Gasteiger partial charge on any atom is -0.273 e. The van der Waals surface area contributed by atoms with Gasteiger partial charge in [0.15, 0.2) is 0 Å². The van der Waals surface area contributed by atoms with Crippen LogP contribution in [0.25, 0.3) is 0 Å². The molecule has 1 aliphatic heterocycles. The molecule has 1 amide bonds. The fourth-order valence-electron chi connectivity index (χ4n) is 1.52. The van der Waals surface area contributed by atoms with E-state index >= 15 is 0 Å². The maximum atomic E-state index is 11.0. The van der Waals surface area contributed by atoms with Gasteiger partial charge in [-0.05, 0) is 18.8 Å². The van der Waals surface area contributed by atoms with Crippen molar-refractivity contribution in [2.45, 2.75) is 25.7 Å². The molecule has 60 valence electrons. The molecule has 0 saturated heterocycles. The Morgan fingerprint density at radius 1 is 1.55 bits per heavy atom. The lowest BCUT2D eigenvalue weighted by Crippen LogP contribution is -2.21. The largest absolute Gasteiger partial charge is 0.273 e. The highest BCUT2D eigenvalue weighted by Gasteiger charge is 2.30. The van der Waals surface area contributed by atoms with Gasteiger partial charge in [0.05, 0.1) is 12.1 Å². The molecule has 0 aromatic heterocycles. The van der Waals surface area contributed by atoms with Crippen LogP contribution in [-0.4, -0.2) is 23.7 Å². The average molecular weight is 152 g/mol. The first kappa shape index (κ1) is 6.83. The van der Waals surface area contributed by atoms with E-state index in [1.165, 1.54) is 24.3 Å². The number of hydrazone groups is 1. The number of nitrogens with zero attached hydrogens (tertiary/aromatic N) is 2. The Bertz CT molecular complexity index is 218. The number of hydrogen-bond donors (Lipinski definition) is 0. The Labute approximate surface area is 66.1 Å². The number of amides is 1. The molecule has 2 rings (SSSR count). The molecular weight excluding hydrogens is 140 g/mol. The van der Waals surface area contributed by atoms with E-state index in [1.807, 2.05) is 0 Å². The molecule has 1 aliphatic carbocycles. The molecule has 1 saturated carbocycles. The third-order valence-electron chi connectivity index (χ3n) is 2.55. The average Bonchev–Trinajstić information content (AvgIpc) is 2.08. The lowest BCUT2D eigenvalue weighted by Gasteiger charge is -2.24. The van der Waals surface area contributed by atoms with Crippen molar-refractivity contribution in [1.29, 1.82) is 0 Å². The number of carbonyl (C=O) groups is 1. The molecular formula is C8H12N2O. The van der Waals surface area contributed by atoms with Crippen molar-refractivity contribution in [1.82, 2.24) is 5.01 Å². The van der Waals surface area contributed by atoms with Gasteiger partial charge in [0.25, 0.3) is 0 Å². The summed E-state index contributed by atoms with van der Waals surface area (Å²) in [6, 6.07) is 0. The van der Waals surface area contributed by atoms with Crippen LogP contribution in [-0.2, 0) is 4.79 Å². The SMILES string of the molecule is CN1N=C(C2CCC2)CC1=O. The molecule has 2 aliphatic rings.